The van der Waals surface area contributed by atoms with E-state index in [2.05, 4.69) is 5.32 Å². The Morgan fingerprint density at radius 1 is 1.77 bits per heavy atom. The molecular formula is C9H15NO3. The molecule has 0 saturated carbocycles. The Morgan fingerprint density at radius 3 is 3.38 bits per heavy atom. The van der Waals surface area contributed by atoms with Gasteiger partial charge in [0.2, 0.25) is 0 Å². The quantitative estimate of drug-likeness (QED) is 0.612. The van der Waals surface area contributed by atoms with E-state index in [0.29, 0.717) is 25.7 Å². The zero-order valence-electron chi connectivity index (χ0n) is 7.84. The summed E-state index contributed by atoms with van der Waals surface area (Å²) in [6.45, 7) is 4.41. The van der Waals surface area contributed by atoms with Crippen LogP contribution in [0, 0.1) is 5.92 Å². The van der Waals surface area contributed by atoms with Gasteiger partial charge in [-0.2, -0.15) is 0 Å². The van der Waals surface area contributed by atoms with Gasteiger partial charge in [-0.15, -0.1) is 0 Å². The second kappa shape index (κ2) is 3.27. The van der Waals surface area contributed by atoms with Crippen LogP contribution in [0.5, 0.6) is 0 Å². The average molecular weight is 185 g/mol. The first-order valence-corrected chi connectivity index (χ1v) is 4.81. The first-order chi connectivity index (χ1) is 6.29. The molecule has 74 valence electrons. The predicted octanol–water partition coefficient (Wildman–Crippen LogP) is -0.0720. The van der Waals surface area contributed by atoms with Crippen molar-refractivity contribution >= 4 is 5.97 Å². The highest BCUT2D eigenvalue weighted by Crippen LogP contribution is 2.36. The molecule has 4 heteroatoms. The number of carbonyl (C=O) groups is 1. The summed E-state index contributed by atoms with van der Waals surface area (Å²) in [6, 6.07) is 0. The summed E-state index contributed by atoms with van der Waals surface area (Å²) in [5.41, 5.74) is -0.657. The Balaban J connectivity index is 2.12. The van der Waals surface area contributed by atoms with Crippen LogP contribution in [0.25, 0.3) is 0 Å². The Hall–Kier alpha value is -0.610. The van der Waals surface area contributed by atoms with Crippen LogP contribution in [-0.2, 0) is 14.3 Å². The van der Waals surface area contributed by atoms with Crippen LogP contribution in [0.1, 0.15) is 13.3 Å². The average Bonchev–Trinajstić information content (AvgIpc) is 2.61. The summed E-state index contributed by atoms with van der Waals surface area (Å²) >= 11 is 0. The minimum absolute atomic E-state index is 0.192. The first-order valence-electron chi connectivity index (χ1n) is 4.81. The summed E-state index contributed by atoms with van der Waals surface area (Å²) in [7, 11) is 0. The molecule has 0 amide bonds. The Morgan fingerprint density at radius 2 is 2.62 bits per heavy atom. The van der Waals surface area contributed by atoms with Crippen LogP contribution in [-0.4, -0.2) is 37.9 Å². The topological polar surface area (TPSA) is 47.6 Å². The van der Waals surface area contributed by atoms with Gasteiger partial charge in [0.05, 0.1) is 6.61 Å². The monoisotopic (exact) mass is 185 g/mol. The maximum Gasteiger partial charge on any atom is 0.340 e. The Bertz CT molecular complexity index is 207. The summed E-state index contributed by atoms with van der Waals surface area (Å²) in [5, 5.41) is 3.18. The highest BCUT2D eigenvalue weighted by atomic mass is 16.6. The van der Waals surface area contributed by atoms with Crippen LogP contribution >= 0.6 is 0 Å². The molecule has 1 N–H and O–H groups in total. The number of esters is 1. The van der Waals surface area contributed by atoms with Gasteiger partial charge >= 0.3 is 5.97 Å². The Kier molecular flexibility index (Phi) is 2.26. The van der Waals surface area contributed by atoms with Crippen molar-refractivity contribution in [3.63, 3.8) is 0 Å². The predicted molar refractivity (Wildman–Crippen MR) is 46.3 cm³/mol. The fourth-order valence-electron chi connectivity index (χ4n) is 2.18. The van der Waals surface area contributed by atoms with Crippen LogP contribution < -0.4 is 5.32 Å². The maximum absolute atomic E-state index is 11.7. The fourth-order valence-corrected chi connectivity index (χ4v) is 2.18. The van der Waals surface area contributed by atoms with Crippen molar-refractivity contribution in [2.45, 2.75) is 18.9 Å². The van der Waals surface area contributed by atoms with Gasteiger partial charge in [-0.3, -0.25) is 0 Å². The van der Waals surface area contributed by atoms with Gasteiger partial charge in [0.15, 0.2) is 5.60 Å². The summed E-state index contributed by atoms with van der Waals surface area (Å²) in [5.74, 6) is 0.119. The van der Waals surface area contributed by atoms with Gasteiger partial charge in [0.1, 0.15) is 0 Å². The fraction of sp³-hybridized carbons (Fsp3) is 0.889. The van der Waals surface area contributed by atoms with Gasteiger partial charge in [-0.25, -0.2) is 4.79 Å². The zero-order valence-corrected chi connectivity index (χ0v) is 7.84. The van der Waals surface area contributed by atoms with Crippen LogP contribution in [0.3, 0.4) is 0 Å². The van der Waals surface area contributed by atoms with E-state index in [1.807, 2.05) is 6.92 Å². The molecule has 0 unspecified atom stereocenters. The number of fused-ring (bicyclic) bond motifs is 1. The molecular weight excluding hydrogens is 170 g/mol. The van der Waals surface area contributed by atoms with E-state index in [9.17, 15) is 4.79 Å². The number of carbonyl (C=O) groups excluding carboxylic acids is 1. The molecule has 0 aliphatic carbocycles. The van der Waals surface area contributed by atoms with Crippen molar-refractivity contribution in [3.05, 3.63) is 0 Å². The van der Waals surface area contributed by atoms with Gasteiger partial charge in [0.25, 0.3) is 0 Å². The van der Waals surface area contributed by atoms with Crippen LogP contribution in [0.4, 0.5) is 0 Å². The Labute approximate surface area is 77.6 Å². The van der Waals surface area contributed by atoms with Gasteiger partial charge in [0, 0.05) is 25.6 Å². The summed E-state index contributed by atoms with van der Waals surface area (Å²) in [6.07, 6.45) is 0.964. The summed E-state index contributed by atoms with van der Waals surface area (Å²) in [4.78, 5) is 11.7. The molecule has 2 rings (SSSR count). The lowest BCUT2D eigenvalue weighted by atomic mass is 9.91. The van der Waals surface area contributed by atoms with Crippen molar-refractivity contribution in [1.29, 1.82) is 0 Å². The third kappa shape index (κ3) is 1.25. The van der Waals surface area contributed by atoms with Gasteiger partial charge < -0.3 is 14.8 Å². The molecule has 2 heterocycles. The van der Waals surface area contributed by atoms with E-state index in [4.69, 9.17) is 9.47 Å². The molecule has 0 aromatic carbocycles. The lowest BCUT2D eigenvalue weighted by Crippen LogP contribution is -2.46. The SMILES string of the molecule is CCOC(=O)[C@]12CNC[C@H]1CCO2. The van der Waals surface area contributed by atoms with E-state index in [1.165, 1.54) is 0 Å². The molecule has 0 bridgehead atoms. The second-order valence-corrected chi connectivity index (χ2v) is 3.57. The normalized spacial score (nSPS) is 37.5. The molecule has 2 aliphatic rings. The summed E-state index contributed by atoms with van der Waals surface area (Å²) < 4.78 is 10.6. The van der Waals surface area contributed by atoms with Crippen molar-refractivity contribution < 1.29 is 14.3 Å². The smallest absolute Gasteiger partial charge is 0.340 e. The molecule has 0 aromatic rings. The van der Waals surface area contributed by atoms with Crippen LogP contribution in [0.15, 0.2) is 0 Å². The van der Waals surface area contributed by atoms with Gasteiger partial charge in [-0.1, -0.05) is 0 Å². The minimum Gasteiger partial charge on any atom is -0.464 e. The molecule has 0 spiro atoms. The molecule has 4 nitrogen and oxygen atoms in total. The van der Waals surface area contributed by atoms with E-state index in [-0.39, 0.29) is 5.97 Å². The lowest BCUT2D eigenvalue weighted by Gasteiger charge is -2.24. The zero-order chi connectivity index (χ0) is 9.31. The standard InChI is InChI=1S/C9H15NO3/c1-2-12-8(11)9-6-10-5-7(9)3-4-13-9/h7,10H,2-6H2,1H3/t7-,9+/m1/s1. The second-order valence-electron chi connectivity index (χ2n) is 3.57. The van der Waals surface area contributed by atoms with Crippen molar-refractivity contribution in [3.8, 4) is 0 Å². The highest BCUT2D eigenvalue weighted by molar-refractivity contribution is 5.81. The number of nitrogens with one attached hydrogen (secondary N) is 1. The van der Waals surface area contributed by atoms with Crippen molar-refractivity contribution in [2.24, 2.45) is 5.92 Å². The molecule has 0 aromatic heterocycles. The third-order valence-electron chi connectivity index (χ3n) is 2.88. The van der Waals surface area contributed by atoms with Gasteiger partial charge in [-0.05, 0) is 13.3 Å². The molecule has 2 aliphatic heterocycles. The number of ether oxygens (including phenoxy) is 2. The lowest BCUT2D eigenvalue weighted by molar-refractivity contribution is -0.166. The highest BCUT2D eigenvalue weighted by Gasteiger charge is 2.54. The number of hydrogen-bond acceptors (Lipinski definition) is 4. The third-order valence-corrected chi connectivity index (χ3v) is 2.88. The van der Waals surface area contributed by atoms with E-state index in [0.717, 1.165) is 13.0 Å². The van der Waals surface area contributed by atoms with E-state index < -0.39 is 5.60 Å². The number of rotatable bonds is 2. The molecule has 13 heavy (non-hydrogen) atoms. The molecule has 0 radical (unpaired) electrons. The number of hydrogen-bond donors (Lipinski definition) is 1. The molecule has 2 atom stereocenters. The minimum atomic E-state index is -0.657. The maximum atomic E-state index is 11.7. The first kappa shape index (κ1) is 8.97. The largest absolute Gasteiger partial charge is 0.464 e. The molecule has 2 saturated heterocycles. The van der Waals surface area contributed by atoms with Crippen molar-refractivity contribution in [2.75, 3.05) is 26.3 Å². The van der Waals surface area contributed by atoms with E-state index in [1.54, 1.807) is 0 Å². The molecule has 2 fully saturated rings. The van der Waals surface area contributed by atoms with Crippen LogP contribution in [0.2, 0.25) is 0 Å². The van der Waals surface area contributed by atoms with E-state index >= 15 is 0 Å². The van der Waals surface area contributed by atoms with Crippen molar-refractivity contribution in [1.82, 2.24) is 5.32 Å².